The molecule has 2 saturated carbocycles. The molecule has 0 aromatic heterocycles. The number of ketones is 1. The van der Waals surface area contributed by atoms with Gasteiger partial charge in [0, 0.05) is 24.8 Å². The lowest BCUT2D eigenvalue weighted by Crippen LogP contribution is -2.56. The molecular formula is C15H27NO2. The van der Waals surface area contributed by atoms with Gasteiger partial charge in [-0.15, -0.1) is 0 Å². The molecule has 0 radical (unpaired) electrons. The Hall–Kier alpha value is -0.410. The maximum absolute atomic E-state index is 11.4. The Morgan fingerprint density at radius 2 is 1.78 bits per heavy atom. The molecule has 0 aromatic rings. The SMILES string of the molecule is CCC1CCC(CN)(C2(O)CCC(=O)CC2)CC1. The van der Waals surface area contributed by atoms with Crippen molar-refractivity contribution < 1.29 is 9.90 Å². The van der Waals surface area contributed by atoms with Gasteiger partial charge in [-0.25, -0.2) is 0 Å². The summed E-state index contributed by atoms with van der Waals surface area (Å²) in [5.74, 6) is 1.10. The molecule has 18 heavy (non-hydrogen) atoms. The van der Waals surface area contributed by atoms with Crippen molar-refractivity contribution in [2.75, 3.05) is 6.54 Å². The first-order chi connectivity index (χ1) is 8.55. The third-order valence-corrected chi connectivity index (χ3v) is 5.65. The molecule has 0 bridgehead atoms. The summed E-state index contributed by atoms with van der Waals surface area (Å²) in [6.07, 6.45) is 8.00. The van der Waals surface area contributed by atoms with E-state index in [9.17, 15) is 9.90 Å². The molecule has 3 N–H and O–H groups in total. The Kier molecular flexibility index (Phi) is 4.12. The fraction of sp³-hybridized carbons (Fsp3) is 0.933. The second-order valence-electron chi connectivity index (χ2n) is 6.41. The third kappa shape index (κ3) is 2.35. The summed E-state index contributed by atoms with van der Waals surface area (Å²) in [7, 11) is 0. The van der Waals surface area contributed by atoms with E-state index in [0.29, 0.717) is 38.0 Å². The van der Waals surface area contributed by atoms with E-state index in [1.807, 2.05) is 0 Å². The molecule has 2 rings (SSSR count). The van der Waals surface area contributed by atoms with Crippen molar-refractivity contribution in [1.82, 2.24) is 0 Å². The highest BCUT2D eigenvalue weighted by Crippen LogP contribution is 2.51. The van der Waals surface area contributed by atoms with E-state index in [1.165, 1.54) is 19.3 Å². The van der Waals surface area contributed by atoms with Gasteiger partial charge in [0.05, 0.1) is 5.60 Å². The Morgan fingerprint density at radius 1 is 1.22 bits per heavy atom. The van der Waals surface area contributed by atoms with Gasteiger partial charge in [-0.3, -0.25) is 4.79 Å². The van der Waals surface area contributed by atoms with Crippen molar-refractivity contribution in [3.63, 3.8) is 0 Å². The molecule has 104 valence electrons. The van der Waals surface area contributed by atoms with Crippen LogP contribution in [0.3, 0.4) is 0 Å². The van der Waals surface area contributed by atoms with Crippen LogP contribution in [0, 0.1) is 11.3 Å². The van der Waals surface area contributed by atoms with Gasteiger partial charge in [0.25, 0.3) is 0 Å². The minimum absolute atomic E-state index is 0.126. The van der Waals surface area contributed by atoms with Crippen LogP contribution in [0.5, 0.6) is 0 Å². The van der Waals surface area contributed by atoms with Crippen LogP contribution in [-0.4, -0.2) is 23.0 Å². The minimum atomic E-state index is -0.686. The molecule has 2 aliphatic rings. The standard InChI is InChI=1S/C15H27NO2/c1-2-12-3-7-14(11-16,8-4-12)15(18)9-5-13(17)6-10-15/h12,18H,2-11,16H2,1H3. The fourth-order valence-corrected chi connectivity index (χ4v) is 3.97. The van der Waals surface area contributed by atoms with Gasteiger partial charge in [-0.1, -0.05) is 13.3 Å². The first-order valence-corrected chi connectivity index (χ1v) is 7.49. The topological polar surface area (TPSA) is 63.3 Å². The van der Waals surface area contributed by atoms with Crippen LogP contribution in [-0.2, 0) is 4.79 Å². The lowest BCUT2D eigenvalue weighted by atomic mass is 9.57. The van der Waals surface area contributed by atoms with Crippen LogP contribution < -0.4 is 5.73 Å². The van der Waals surface area contributed by atoms with E-state index in [-0.39, 0.29) is 5.41 Å². The maximum Gasteiger partial charge on any atom is 0.133 e. The average molecular weight is 253 g/mol. The molecule has 2 aliphatic carbocycles. The number of hydrogen-bond donors (Lipinski definition) is 2. The number of aliphatic hydroxyl groups is 1. The lowest BCUT2D eigenvalue weighted by molar-refractivity contribution is -0.145. The van der Waals surface area contributed by atoms with Gasteiger partial charge in [-0.2, -0.15) is 0 Å². The molecule has 0 aromatic carbocycles. The van der Waals surface area contributed by atoms with E-state index in [4.69, 9.17) is 5.73 Å². The smallest absolute Gasteiger partial charge is 0.133 e. The van der Waals surface area contributed by atoms with Gasteiger partial charge in [0.1, 0.15) is 5.78 Å². The Morgan fingerprint density at radius 3 is 2.22 bits per heavy atom. The molecule has 0 heterocycles. The van der Waals surface area contributed by atoms with Gasteiger partial charge in [0.2, 0.25) is 0 Å². The lowest BCUT2D eigenvalue weighted by Gasteiger charge is -2.52. The fourth-order valence-electron chi connectivity index (χ4n) is 3.97. The van der Waals surface area contributed by atoms with E-state index in [1.54, 1.807) is 0 Å². The summed E-state index contributed by atoms with van der Waals surface area (Å²) in [6.45, 7) is 2.81. The second-order valence-corrected chi connectivity index (χ2v) is 6.41. The van der Waals surface area contributed by atoms with Crippen LogP contribution in [0.15, 0.2) is 0 Å². The van der Waals surface area contributed by atoms with Crippen LogP contribution in [0.1, 0.15) is 64.7 Å². The molecule has 0 atom stereocenters. The summed E-state index contributed by atoms with van der Waals surface area (Å²) in [5.41, 5.74) is 5.22. The monoisotopic (exact) mass is 253 g/mol. The van der Waals surface area contributed by atoms with Crippen molar-refractivity contribution >= 4 is 5.78 Å². The highest BCUT2D eigenvalue weighted by Gasteiger charge is 2.51. The summed E-state index contributed by atoms with van der Waals surface area (Å²) in [4.78, 5) is 11.4. The zero-order chi connectivity index (χ0) is 13.2. The van der Waals surface area contributed by atoms with Crippen molar-refractivity contribution in [3.8, 4) is 0 Å². The predicted octanol–water partition coefficient (Wildman–Crippen LogP) is 2.41. The van der Waals surface area contributed by atoms with E-state index in [0.717, 1.165) is 18.8 Å². The van der Waals surface area contributed by atoms with E-state index < -0.39 is 5.60 Å². The second kappa shape index (κ2) is 5.30. The number of rotatable bonds is 3. The van der Waals surface area contributed by atoms with Gasteiger partial charge in [-0.05, 0) is 44.4 Å². The Labute approximate surface area is 110 Å². The van der Waals surface area contributed by atoms with Crippen LogP contribution in [0.4, 0.5) is 0 Å². The molecule has 0 unspecified atom stereocenters. The number of Topliss-reactive ketones (excluding diaryl/α,β-unsaturated/α-hetero) is 1. The molecule has 2 fully saturated rings. The number of carbonyl (C=O) groups is 1. The van der Waals surface area contributed by atoms with Crippen molar-refractivity contribution in [2.24, 2.45) is 17.1 Å². The Balaban J connectivity index is 2.10. The van der Waals surface area contributed by atoms with Crippen LogP contribution in [0.2, 0.25) is 0 Å². The molecular weight excluding hydrogens is 226 g/mol. The van der Waals surface area contributed by atoms with Gasteiger partial charge < -0.3 is 10.8 Å². The number of nitrogens with two attached hydrogens (primary N) is 1. The molecule has 0 saturated heterocycles. The van der Waals surface area contributed by atoms with Crippen LogP contribution in [0.25, 0.3) is 0 Å². The molecule has 3 nitrogen and oxygen atoms in total. The maximum atomic E-state index is 11.4. The van der Waals surface area contributed by atoms with Gasteiger partial charge in [0.15, 0.2) is 0 Å². The molecule has 3 heteroatoms. The quantitative estimate of drug-likeness (QED) is 0.812. The molecule has 0 spiro atoms. The largest absolute Gasteiger partial charge is 0.389 e. The highest BCUT2D eigenvalue weighted by molar-refractivity contribution is 5.79. The minimum Gasteiger partial charge on any atom is -0.389 e. The van der Waals surface area contributed by atoms with Crippen molar-refractivity contribution in [2.45, 2.75) is 70.3 Å². The zero-order valence-corrected chi connectivity index (χ0v) is 11.6. The first-order valence-electron chi connectivity index (χ1n) is 7.49. The van der Waals surface area contributed by atoms with Gasteiger partial charge >= 0.3 is 0 Å². The summed E-state index contributed by atoms with van der Waals surface area (Å²) < 4.78 is 0. The summed E-state index contributed by atoms with van der Waals surface area (Å²) >= 11 is 0. The first kappa shape index (κ1) is 14.0. The average Bonchev–Trinajstić information content (AvgIpc) is 2.42. The van der Waals surface area contributed by atoms with E-state index in [2.05, 4.69) is 6.92 Å². The number of carbonyl (C=O) groups excluding carboxylic acids is 1. The van der Waals surface area contributed by atoms with Crippen molar-refractivity contribution in [3.05, 3.63) is 0 Å². The molecule has 0 aliphatic heterocycles. The predicted molar refractivity (Wildman–Crippen MR) is 72.2 cm³/mol. The Bertz CT molecular complexity index is 296. The van der Waals surface area contributed by atoms with E-state index >= 15 is 0 Å². The summed E-state index contributed by atoms with van der Waals surface area (Å²) in [6, 6.07) is 0. The van der Waals surface area contributed by atoms with Crippen LogP contribution >= 0.6 is 0 Å². The number of hydrogen-bond acceptors (Lipinski definition) is 3. The zero-order valence-electron chi connectivity index (χ0n) is 11.6. The highest BCUT2D eigenvalue weighted by atomic mass is 16.3. The van der Waals surface area contributed by atoms with Crippen molar-refractivity contribution in [1.29, 1.82) is 0 Å². The third-order valence-electron chi connectivity index (χ3n) is 5.65. The summed E-state index contributed by atoms with van der Waals surface area (Å²) in [5, 5.41) is 11.0. The molecule has 0 amide bonds. The normalized spacial score (nSPS) is 36.6.